The molecule has 24 heavy (non-hydrogen) atoms. The highest BCUT2D eigenvalue weighted by molar-refractivity contribution is 6.34. The molecule has 0 saturated heterocycles. The van der Waals surface area contributed by atoms with E-state index < -0.39 is 5.97 Å². The average molecular weight is 341 g/mol. The molecule has 1 heterocycles. The lowest BCUT2D eigenvalue weighted by Crippen LogP contribution is -2.12. The SMILES string of the molecule is O=C(Oc1ccc(NC(=O)c2ccccc2Cl)cc1)c1ccc[nH]1. The largest absolute Gasteiger partial charge is 0.422 e. The van der Waals surface area contributed by atoms with Crippen LogP contribution in [-0.2, 0) is 0 Å². The van der Waals surface area contributed by atoms with Crippen molar-refractivity contribution in [1.29, 1.82) is 0 Å². The number of aromatic amines is 1. The van der Waals surface area contributed by atoms with Gasteiger partial charge in [0.15, 0.2) is 0 Å². The second-order valence-corrected chi connectivity index (χ2v) is 5.34. The van der Waals surface area contributed by atoms with E-state index in [1.165, 1.54) is 0 Å². The Bertz CT molecular complexity index is 858. The maximum atomic E-state index is 12.2. The second kappa shape index (κ2) is 7.02. The number of aromatic nitrogens is 1. The van der Waals surface area contributed by atoms with Crippen LogP contribution in [-0.4, -0.2) is 16.9 Å². The number of H-pyrrole nitrogens is 1. The van der Waals surface area contributed by atoms with Gasteiger partial charge in [-0.15, -0.1) is 0 Å². The number of benzene rings is 2. The summed E-state index contributed by atoms with van der Waals surface area (Å²) in [6, 6.07) is 16.6. The first-order chi connectivity index (χ1) is 11.6. The topological polar surface area (TPSA) is 71.2 Å². The van der Waals surface area contributed by atoms with Crippen molar-refractivity contribution >= 4 is 29.2 Å². The first-order valence-electron chi connectivity index (χ1n) is 7.15. The molecule has 0 aliphatic heterocycles. The molecule has 0 atom stereocenters. The number of esters is 1. The number of rotatable bonds is 4. The van der Waals surface area contributed by atoms with E-state index in [1.54, 1.807) is 66.9 Å². The fourth-order valence-electron chi connectivity index (χ4n) is 2.07. The highest BCUT2D eigenvalue weighted by atomic mass is 35.5. The van der Waals surface area contributed by atoms with E-state index in [9.17, 15) is 9.59 Å². The fourth-order valence-corrected chi connectivity index (χ4v) is 2.29. The van der Waals surface area contributed by atoms with Gasteiger partial charge in [0, 0.05) is 11.9 Å². The number of carbonyl (C=O) groups is 2. The number of anilines is 1. The maximum Gasteiger partial charge on any atom is 0.360 e. The quantitative estimate of drug-likeness (QED) is 0.554. The van der Waals surface area contributed by atoms with Crippen LogP contribution in [0.25, 0.3) is 0 Å². The minimum atomic E-state index is -0.479. The molecule has 0 fully saturated rings. The van der Waals surface area contributed by atoms with Crippen molar-refractivity contribution in [3.8, 4) is 5.75 Å². The summed E-state index contributed by atoms with van der Waals surface area (Å²) in [6.07, 6.45) is 1.64. The molecule has 0 spiro atoms. The van der Waals surface area contributed by atoms with Crippen LogP contribution in [0, 0.1) is 0 Å². The van der Waals surface area contributed by atoms with Gasteiger partial charge in [-0.3, -0.25) is 4.79 Å². The molecule has 6 heteroatoms. The smallest absolute Gasteiger partial charge is 0.360 e. The molecule has 0 radical (unpaired) electrons. The van der Waals surface area contributed by atoms with Crippen LogP contribution in [0.3, 0.4) is 0 Å². The molecule has 0 saturated carbocycles. The van der Waals surface area contributed by atoms with Crippen LogP contribution in [0.15, 0.2) is 66.9 Å². The number of nitrogens with one attached hydrogen (secondary N) is 2. The molecule has 1 aromatic heterocycles. The first kappa shape index (κ1) is 15.8. The molecule has 3 rings (SSSR count). The Morgan fingerprint density at radius 3 is 2.38 bits per heavy atom. The number of amides is 1. The van der Waals surface area contributed by atoms with Crippen LogP contribution >= 0.6 is 11.6 Å². The zero-order chi connectivity index (χ0) is 16.9. The van der Waals surface area contributed by atoms with Gasteiger partial charge < -0.3 is 15.0 Å². The molecule has 0 aliphatic carbocycles. The summed E-state index contributed by atoms with van der Waals surface area (Å²) in [5, 5.41) is 3.12. The van der Waals surface area contributed by atoms with Crippen molar-refractivity contribution in [3.05, 3.63) is 83.1 Å². The van der Waals surface area contributed by atoms with Gasteiger partial charge in [0.25, 0.3) is 5.91 Å². The molecular formula is C18H13ClN2O3. The minimum Gasteiger partial charge on any atom is -0.422 e. The Balaban J connectivity index is 1.65. The number of hydrogen-bond acceptors (Lipinski definition) is 3. The molecule has 2 aromatic carbocycles. The van der Waals surface area contributed by atoms with Gasteiger partial charge >= 0.3 is 5.97 Å². The highest BCUT2D eigenvalue weighted by Gasteiger charge is 2.11. The van der Waals surface area contributed by atoms with Gasteiger partial charge in [-0.05, 0) is 48.5 Å². The van der Waals surface area contributed by atoms with Crippen LogP contribution in [0.4, 0.5) is 5.69 Å². The van der Waals surface area contributed by atoms with Crippen LogP contribution < -0.4 is 10.1 Å². The van der Waals surface area contributed by atoms with Crippen molar-refractivity contribution in [2.24, 2.45) is 0 Å². The molecule has 0 unspecified atom stereocenters. The predicted molar refractivity (Wildman–Crippen MR) is 91.6 cm³/mol. The first-order valence-corrected chi connectivity index (χ1v) is 7.53. The molecule has 0 bridgehead atoms. The van der Waals surface area contributed by atoms with Gasteiger partial charge in [0.05, 0.1) is 10.6 Å². The van der Waals surface area contributed by atoms with E-state index in [-0.39, 0.29) is 5.91 Å². The van der Waals surface area contributed by atoms with Crippen molar-refractivity contribution < 1.29 is 14.3 Å². The van der Waals surface area contributed by atoms with Gasteiger partial charge in [-0.25, -0.2) is 4.79 Å². The zero-order valence-electron chi connectivity index (χ0n) is 12.5. The molecule has 3 aromatic rings. The minimum absolute atomic E-state index is 0.309. The summed E-state index contributed by atoms with van der Waals surface area (Å²) in [6.45, 7) is 0. The molecule has 2 N–H and O–H groups in total. The zero-order valence-corrected chi connectivity index (χ0v) is 13.2. The summed E-state index contributed by atoms with van der Waals surface area (Å²) in [4.78, 5) is 26.8. The van der Waals surface area contributed by atoms with E-state index in [4.69, 9.17) is 16.3 Å². The van der Waals surface area contributed by atoms with Crippen LogP contribution in [0.5, 0.6) is 5.75 Å². The van der Waals surface area contributed by atoms with Gasteiger partial charge in [0.2, 0.25) is 0 Å². The van der Waals surface area contributed by atoms with E-state index in [0.29, 0.717) is 27.7 Å². The second-order valence-electron chi connectivity index (χ2n) is 4.93. The lowest BCUT2D eigenvalue weighted by Gasteiger charge is -2.08. The third-order valence-corrected chi connectivity index (χ3v) is 3.59. The van der Waals surface area contributed by atoms with E-state index in [2.05, 4.69) is 10.3 Å². The maximum absolute atomic E-state index is 12.2. The van der Waals surface area contributed by atoms with Crippen LogP contribution in [0.2, 0.25) is 5.02 Å². The Hall–Kier alpha value is -3.05. The summed E-state index contributed by atoms with van der Waals surface area (Å²) in [5.41, 5.74) is 1.33. The number of carbonyl (C=O) groups excluding carboxylic acids is 2. The lowest BCUT2D eigenvalue weighted by molar-refractivity contribution is 0.0729. The van der Waals surface area contributed by atoms with Gasteiger partial charge in [0.1, 0.15) is 11.4 Å². The Morgan fingerprint density at radius 2 is 1.71 bits per heavy atom. The molecule has 5 nitrogen and oxygen atoms in total. The Morgan fingerprint density at radius 1 is 0.958 bits per heavy atom. The normalized spacial score (nSPS) is 10.2. The molecule has 0 aliphatic rings. The Kier molecular flexibility index (Phi) is 4.63. The third kappa shape index (κ3) is 3.64. The highest BCUT2D eigenvalue weighted by Crippen LogP contribution is 2.20. The Labute approximate surface area is 143 Å². The number of ether oxygens (including phenoxy) is 1. The number of hydrogen-bond donors (Lipinski definition) is 2. The average Bonchev–Trinajstić information content (AvgIpc) is 3.11. The predicted octanol–water partition coefficient (Wildman–Crippen LogP) is 4.14. The fraction of sp³-hybridized carbons (Fsp3) is 0. The van der Waals surface area contributed by atoms with Gasteiger partial charge in [-0.2, -0.15) is 0 Å². The van der Waals surface area contributed by atoms with E-state index >= 15 is 0 Å². The lowest BCUT2D eigenvalue weighted by atomic mass is 10.2. The van der Waals surface area contributed by atoms with Gasteiger partial charge in [-0.1, -0.05) is 23.7 Å². The molecular weight excluding hydrogens is 328 g/mol. The third-order valence-electron chi connectivity index (χ3n) is 3.26. The molecule has 1 amide bonds. The summed E-state index contributed by atoms with van der Waals surface area (Å²) in [7, 11) is 0. The van der Waals surface area contributed by atoms with Crippen molar-refractivity contribution in [2.75, 3.05) is 5.32 Å². The molecule has 120 valence electrons. The van der Waals surface area contributed by atoms with E-state index in [1.807, 2.05) is 0 Å². The van der Waals surface area contributed by atoms with Crippen molar-refractivity contribution in [1.82, 2.24) is 4.98 Å². The summed E-state index contributed by atoms with van der Waals surface area (Å²) < 4.78 is 5.22. The number of halogens is 1. The van der Waals surface area contributed by atoms with Crippen LogP contribution in [0.1, 0.15) is 20.8 Å². The standard InChI is InChI=1S/C18H13ClN2O3/c19-15-5-2-1-4-14(15)17(22)21-12-7-9-13(10-8-12)24-18(23)16-6-3-11-20-16/h1-11,20H,(H,21,22). The van der Waals surface area contributed by atoms with Crippen molar-refractivity contribution in [3.63, 3.8) is 0 Å². The van der Waals surface area contributed by atoms with Crippen molar-refractivity contribution in [2.45, 2.75) is 0 Å². The summed E-state index contributed by atoms with van der Waals surface area (Å²) in [5.74, 6) is -0.407. The van der Waals surface area contributed by atoms with E-state index in [0.717, 1.165) is 0 Å². The monoisotopic (exact) mass is 340 g/mol. The summed E-state index contributed by atoms with van der Waals surface area (Å²) >= 11 is 6.00.